The molecule has 4 unspecified atom stereocenters. The van der Waals surface area contributed by atoms with E-state index in [0.717, 1.165) is 0 Å². The van der Waals surface area contributed by atoms with E-state index in [-0.39, 0.29) is 38.2 Å². The minimum atomic E-state index is -0.948. The van der Waals surface area contributed by atoms with Crippen LogP contribution in [-0.2, 0) is 9.59 Å². The number of nitrogens with two attached hydrogens (primary N) is 2. The van der Waals surface area contributed by atoms with Gasteiger partial charge in [-0.05, 0) is 0 Å². The topological polar surface area (TPSA) is 127 Å². The Morgan fingerprint density at radius 3 is 1.19 bits per heavy atom. The minimum absolute atomic E-state index is 0.00193. The van der Waals surface area contributed by atoms with E-state index in [9.17, 15) is 9.59 Å². The quantitative estimate of drug-likeness (QED) is 0.225. The van der Waals surface area contributed by atoms with Crippen LogP contribution in [0.4, 0.5) is 0 Å². The number of carboxylic acid groups (broad SMARTS) is 2. The van der Waals surface area contributed by atoms with Crippen molar-refractivity contribution in [3.63, 3.8) is 0 Å². The first-order chi connectivity index (χ1) is 7.14. The van der Waals surface area contributed by atoms with Crippen molar-refractivity contribution < 1.29 is 19.8 Å². The number of carboxylic acids is 2. The predicted octanol–water partition coefficient (Wildman–Crippen LogP) is -2.60. The number of hydrogen-bond donors (Lipinski definition) is 6. The zero-order valence-electron chi connectivity index (χ0n) is 7.73. The van der Waals surface area contributed by atoms with Gasteiger partial charge in [0.05, 0.1) is 0 Å². The zero-order chi connectivity index (χ0) is 12.7. The van der Waals surface area contributed by atoms with Crippen LogP contribution in [0.25, 0.3) is 0 Å². The average molecular weight is 396 g/mol. The molecule has 0 aliphatic carbocycles. The van der Waals surface area contributed by atoms with Gasteiger partial charge < -0.3 is 0 Å². The molecule has 16 heavy (non-hydrogen) atoms. The normalized spacial score (nSPS) is 44.0. The third kappa shape index (κ3) is 2.88. The van der Waals surface area contributed by atoms with E-state index < -0.39 is 20.8 Å². The SMILES string of the molecule is NC1(C(=O)O)[Se]C1S.NC1(C(=O)O)[Se]C1S. The Kier molecular flexibility index (Phi) is 4.31. The molecule has 0 spiro atoms. The Hall–Kier alpha value is 0.599. The third-order valence-corrected chi connectivity index (χ3v) is 9.39. The van der Waals surface area contributed by atoms with Gasteiger partial charge in [-0.3, -0.25) is 0 Å². The molecule has 4 atom stereocenters. The standard InChI is InChI=1S/2C3H5NO2SSe/c2*4-3(1(5)6)2(7)8-3/h2*2,7H,4H2,(H,5,6). The van der Waals surface area contributed by atoms with Crippen molar-refractivity contribution in [3.8, 4) is 0 Å². The molecular formula is C6H10N2O4S2Se2. The molecule has 2 heterocycles. The summed E-state index contributed by atoms with van der Waals surface area (Å²) in [6.07, 6.45) is 0. The van der Waals surface area contributed by atoms with Crippen LogP contribution in [0.3, 0.4) is 0 Å². The summed E-state index contributed by atoms with van der Waals surface area (Å²) in [5.74, 6) is -1.84. The maximum atomic E-state index is 10.1. The maximum absolute atomic E-state index is 10.1. The molecule has 0 aromatic heterocycles. The Bertz CT molecular complexity index is 314. The van der Waals surface area contributed by atoms with Crippen LogP contribution < -0.4 is 11.5 Å². The van der Waals surface area contributed by atoms with Gasteiger partial charge in [0.1, 0.15) is 0 Å². The molecule has 2 rings (SSSR count). The summed E-state index contributed by atoms with van der Waals surface area (Å²) in [5, 5.41) is 16.6. The molecule has 6 nitrogen and oxygen atoms in total. The number of rotatable bonds is 2. The van der Waals surface area contributed by atoms with Crippen molar-refractivity contribution in [1.29, 1.82) is 0 Å². The van der Waals surface area contributed by atoms with Crippen LogP contribution in [-0.4, -0.2) is 69.2 Å². The Balaban J connectivity index is 0.000000160. The van der Waals surface area contributed by atoms with E-state index >= 15 is 0 Å². The number of aliphatic carboxylic acids is 2. The number of thiol groups is 2. The van der Waals surface area contributed by atoms with E-state index in [2.05, 4.69) is 25.3 Å². The van der Waals surface area contributed by atoms with Crippen LogP contribution in [0.15, 0.2) is 0 Å². The molecule has 0 saturated carbocycles. The summed E-state index contributed by atoms with van der Waals surface area (Å²) in [6.45, 7) is 0. The van der Waals surface area contributed by atoms with E-state index in [1.54, 1.807) is 0 Å². The monoisotopic (exact) mass is 398 g/mol. The van der Waals surface area contributed by atoms with Gasteiger partial charge in [0.2, 0.25) is 0 Å². The molecule has 2 aliphatic rings. The molecular weight excluding hydrogens is 386 g/mol. The van der Waals surface area contributed by atoms with Crippen molar-refractivity contribution in [2.45, 2.75) is 17.2 Å². The van der Waals surface area contributed by atoms with Crippen molar-refractivity contribution in [1.82, 2.24) is 0 Å². The predicted molar refractivity (Wildman–Crippen MR) is 66.2 cm³/mol. The summed E-state index contributed by atoms with van der Waals surface area (Å²) < 4.78 is -2.05. The van der Waals surface area contributed by atoms with Crippen LogP contribution in [0.2, 0.25) is 0 Å². The fourth-order valence-electron chi connectivity index (χ4n) is 0.613. The van der Waals surface area contributed by atoms with Gasteiger partial charge in [-0.2, -0.15) is 0 Å². The van der Waals surface area contributed by atoms with Crippen LogP contribution in [0, 0.1) is 0 Å². The van der Waals surface area contributed by atoms with Crippen molar-refractivity contribution in [2.75, 3.05) is 0 Å². The van der Waals surface area contributed by atoms with Gasteiger partial charge in [0.15, 0.2) is 0 Å². The molecule has 6 N–H and O–H groups in total. The molecule has 0 aromatic carbocycles. The second-order valence-corrected chi connectivity index (χ2v) is 11.5. The summed E-state index contributed by atoms with van der Waals surface area (Å²) in [5.41, 5.74) is 10.6. The first kappa shape index (κ1) is 14.7. The van der Waals surface area contributed by atoms with Gasteiger partial charge >= 0.3 is 116 Å². The Morgan fingerprint density at radius 2 is 1.19 bits per heavy atom. The summed E-state index contributed by atoms with van der Waals surface area (Å²) in [7, 11) is 0. The van der Waals surface area contributed by atoms with Crippen LogP contribution in [0.5, 0.6) is 0 Å². The summed E-state index contributed by atoms with van der Waals surface area (Å²) in [4.78, 5) is 20.3. The summed E-state index contributed by atoms with van der Waals surface area (Å²) >= 11 is 7.84. The zero-order valence-corrected chi connectivity index (χ0v) is 12.9. The van der Waals surface area contributed by atoms with Gasteiger partial charge in [-0.1, -0.05) is 0 Å². The first-order valence-corrected chi connectivity index (χ1v) is 8.63. The molecule has 10 heteroatoms. The fraction of sp³-hybridized carbons (Fsp3) is 0.667. The molecule has 2 saturated heterocycles. The van der Waals surface area contributed by atoms with E-state index in [0.29, 0.717) is 0 Å². The molecule has 2 aliphatic heterocycles. The Morgan fingerprint density at radius 1 is 1.00 bits per heavy atom. The molecule has 0 bridgehead atoms. The van der Waals surface area contributed by atoms with Crippen LogP contribution >= 0.6 is 25.3 Å². The van der Waals surface area contributed by atoms with E-state index in [4.69, 9.17) is 21.7 Å². The molecule has 0 radical (unpaired) electrons. The third-order valence-electron chi connectivity index (χ3n) is 1.90. The molecule has 2 fully saturated rings. The van der Waals surface area contributed by atoms with E-state index in [1.165, 1.54) is 0 Å². The van der Waals surface area contributed by atoms with Gasteiger partial charge in [-0.25, -0.2) is 0 Å². The van der Waals surface area contributed by atoms with Crippen molar-refractivity contribution >= 4 is 67.1 Å². The van der Waals surface area contributed by atoms with Gasteiger partial charge in [0, 0.05) is 0 Å². The molecule has 0 amide bonds. The summed E-state index contributed by atoms with van der Waals surface area (Å²) in [6, 6.07) is 0. The van der Waals surface area contributed by atoms with Gasteiger partial charge in [-0.15, -0.1) is 0 Å². The Labute approximate surface area is 115 Å². The molecule has 0 aromatic rings. The number of hydrogen-bond acceptors (Lipinski definition) is 6. The first-order valence-electron chi connectivity index (χ1n) is 3.91. The second kappa shape index (κ2) is 4.70. The number of carbonyl (C=O) groups is 2. The van der Waals surface area contributed by atoms with Gasteiger partial charge in [0.25, 0.3) is 0 Å². The second-order valence-electron chi connectivity index (χ2n) is 3.14. The molecule has 92 valence electrons. The van der Waals surface area contributed by atoms with E-state index in [1.807, 2.05) is 0 Å². The fourth-order valence-corrected chi connectivity index (χ4v) is 4.76. The van der Waals surface area contributed by atoms with Crippen molar-refractivity contribution in [2.24, 2.45) is 11.5 Å². The van der Waals surface area contributed by atoms with Crippen molar-refractivity contribution in [3.05, 3.63) is 0 Å². The average Bonchev–Trinajstić information content (AvgIpc) is 2.95. The van der Waals surface area contributed by atoms with Crippen LogP contribution in [0.1, 0.15) is 0 Å².